The molecule has 0 aliphatic rings. The number of nitro groups is 1. The van der Waals surface area contributed by atoms with Crippen molar-refractivity contribution in [1.82, 2.24) is 0 Å². The Bertz CT molecular complexity index is 640. The third-order valence-electron chi connectivity index (χ3n) is 3.05. The molecule has 5 nitrogen and oxygen atoms in total. The van der Waals surface area contributed by atoms with Crippen LogP contribution in [0.5, 0.6) is 11.5 Å². The van der Waals surface area contributed by atoms with Gasteiger partial charge in [0.15, 0.2) is 0 Å². The van der Waals surface area contributed by atoms with E-state index in [9.17, 15) is 10.1 Å². The Kier molecular flexibility index (Phi) is 4.77. The van der Waals surface area contributed by atoms with Crippen LogP contribution < -0.4 is 9.47 Å². The van der Waals surface area contributed by atoms with E-state index in [2.05, 4.69) is 0 Å². The smallest absolute Gasteiger partial charge is 0.276 e. The molecule has 0 aliphatic heterocycles. The van der Waals surface area contributed by atoms with Gasteiger partial charge in [-0.3, -0.25) is 10.1 Å². The first-order valence-corrected chi connectivity index (χ1v) is 6.64. The van der Waals surface area contributed by atoms with Crippen LogP contribution in [0.1, 0.15) is 11.1 Å². The second-order valence-electron chi connectivity index (χ2n) is 4.67. The lowest BCUT2D eigenvalue weighted by molar-refractivity contribution is -0.385. The Hall–Kier alpha value is -2.56. The molecule has 2 rings (SSSR count). The Balaban J connectivity index is 1.89. The minimum absolute atomic E-state index is 0.0621. The van der Waals surface area contributed by atoms with Crippen LogP contribution in [-0.2, 0) is 0 Å². The van der Waals surface area contributed by atoms with Crippen molar-refractivity contribution in [2.45, 2.75) is 13.8 Å². The number of nitrogens with zero attached hydrogens (tertiary/aromatic N) is 1. The molecule has 0 atom stereocenters. The van der Waals surface area contributed by atoms with Gasteiger partial charge in [0.2, 0.25) is 0 Å². The van der Waals surface area contributed by atoms with E-state index in [1.807, 2.05) is 31.2 Å². The van der Waals surface area contributed by atoms with Crippen LogP contribution in [0.4, 0.5) is 5.69 Å². The summed E-state index contributed by atoms with van der Waals surface area (Å²) in [5.74, 6) is 1.30. The fourth-order valence-corrected chi connectivity index (χ4v) is 1.97. The Morgan fingerprint density at radius 3 is 2.48 bits per heavy atom. The first kappa shape index (κ1) is 14.8. The molecule has 0 heterocycles. The minimum atomic E-state index is -0.411. The molecule has 0 spiro atoms. The van der Waals surface area contributed by atoms with E-state index in [1.165, 1.54) is 6.07 Å². The van der Waals surface area contributed by atoms with Crippen molar-refractivity contribution in [3.8, 4) is 11.5 Å². The van der Waals surface area contributed by atoms with E-state index in [1.54, 1.807) is 19.1 Å². The van der Waals surface area contributed by atoms with Crippen molar-refractivity contribution >= 4 is 5.69 Å². The quantitative estimate of drug-likeness (QED) is 0.462. The highest BCUT2D eigenvalue weighted by atomic mass is 16.6. The summed E-state index contributed by atoms with van der Waals surface area (Å²) in [6.45, 7) is 4.38. The normalized spacial score (nSPS) is 10.2. The van der Waals surface area contributed by atoms with Gasteiger partial charge >= 0.3 is 0 Å². The predicted molar refractivity (Wildman–Crippen MR) is 80.0 cm³/mol. The van der Waals surface area contributed by atoms with Crippen LogP contribution in [0.3, 0.4) is 0 Å². The van der Waals surface area contributed by atoms with E-state index >= 15 is 0 Å². The maximum Gasteiger partial charge on any atom is 0.276 e. The van der Waals surface area contributed by atoms with Gasteiger partial charge in [0.25, 0.3) is 5.69 Å². The summed E-state index contributed by atoms with van der Waals surface area (Å²) in [5.41, 5.74) is 1.72. The summed E-state index contributed by atoms with van der Waals surface area (Å²) in [6, 6.07) is 12.5. The molecule has 0 fully saturated rings. The van der Waals surface area contributed by atoms with Crippen molar-refractivity contribution in [3.63, 3.8) is 0 Å². The fourth-order valence-electron chi connectivity index (χ4n) is 1.97. The van der Waals surface area contributed by atoms with Crippen LogP contribution in [0.25, 0.3) is 0 Å². The van der Waals surface area contributed by atoms with E-state index in [-0.39, 0.29) is 5.69 Å². The average molecular weight is 287 g/mol. The van der Waals surface area contributed by atoms with E-state index in [4.69, 9.17) is 9.47 Å². The Labute approximate surface area is 123 Å². The highest BCUT2D eigenvalue weighted by molar-refractivity contribution is 5.48. The minimum Gasteiger partial charge on any atom is -0.490 e. The molecular formula is C16H17NO4. The molecule has 110 valence electrons. The summed E-state index contributed by atoms with van der Waals surface area (Å²) >= 11 is 0. The van der Waals surface area contributed by atoms with E-state index < -0.39 is 4.92 Å². The maximum absolute atomic E-state index is 10.8. The number of hydrogen-bond donors (Lipinski definition) is 0. The van der Waals surface area contributed by atoms with Gasteiger partial charge in [0.05, 0.1) is 10.5 Å². The molecule has 21 heavy (non-hydrogen) atoms. The first-order chi connectivity index (χ1) is 10.1. The largest absolute Gasteiger partial charge is 0.490 e. The van der Waals surface area contributed by atoms with Crippen LogP contribution in [0.15, 0.2) is 42.5 Å². The molecule has 0 radical (unpaired) electrons. The number of benzene rings is 2. The van der Waals surface area contributed by atoms with Gasteiger partial charge in [0, 0.05) is 6.07 Å². The lowest BCUT2D eigenvalue weighted by Crippen LogP contribution is -2.10. The number of hydrogen-bond acceptors (Lipinski definition) is 4. The highest BCUT2D eigenvalue weighted by Crippen LogP contribution is 2.26. The first-order valence-electron chi connectivity index (χ1n) is 6.64. The summed E-state index contributed by atoms with van der Waals surface area (Å²) in [4.78, 5) is 10.4. The zero-order valence-electron chi connectivity index (χ0n) is 12.0. The molecule has 0 aliphatic carbocycles. The molecular weight excluding hydrogens is 270 g/mol. The fraction of sp³-hybridized carbons (Fsp3) is 0.250. The van der Waals surface area contributed by atoms with Crippen molar-refractivity contribution < 1.29 is 14.4 Å². The van der Waals surface area contributed by atoms with Crippen LogP contribution in [0, 0.1) is 24.0 Å². The van der Waals surface area contributed by atoms with Gasteiger partial charge in [-0.1, -0.05) is 18.2 Å². The zero-order chi connectivity index (χ0) is 15.2. The summed E-state index contributed by atoms with van der Waals surface area (Å²) in [5, 5.41) is 10.8. The van der Waals surface area contributed by atoms with Gasteiger partial charge in [-0.15, -0.1) is 0 Å². The van der Waals surface area contributed by atoms with E-state index in [0.29, 0.717) is 24.5 Å². The van der Waals surface area contributed by atoms with Gasteiger partial charge < -0.3 is 9.47 Å². The third-order valence-corrected chi connectivity index (χ3v) is 3.05. The molecule has 5 heteroatoms. The molecule has 0 amide bonds. The summed E-state index contributed by atoms with van der Waals surface area (Å²) < 4.78 is 11.1. The average Bonchev–Trinajstić information content (AvgIpc) is 2.45. The summed E-state index contributed by atoms with van der Waals surface area (Å²) in [7, 11) is 0. The van der Waals surface area contributed by atoms with Crippen molar-refractivity contribution in [1.29, 1.82) is 0 Å². The third kappa shape index (κ3) is 3.95. The molecule has 0 saturated heterocycles. The van der Waals surface area contributed by atoms with Gasteiger partial charge in [-0.2, -0.15) is 0 Å². The summed E-state index contributed by atoms with van der Waals surface area (Å²) in [6.07, 6.45) is 0. The van der Waals surface area contributed by atoms with Crippen molar-refractivity contribution in [2.75, 3.05) is 13.2 Å². The second-order valence-corrected chi connectivity index (χ2v) is 4.67. The van der Waals surface area contributed by atoms with Crippen LogP contribution in [0.2, 0.25) is 0 Å². The molecule has 0 unspecified atom stereocenters. The number of nitro benzene ring substituents is 1. The molecule has 2 aromatic rings. The van der Waals surface area contributed by atoms with E-state index in [0.717, 1.165) is 11.3 Å². The molecule has 0 bridgehead atoms. The predicted octanol–water partition coefficient (Wildman–Crippen LogP) is 3.67. The second kappa shape index (κ2) is 6.74. The Morgan fingerprint density at radius 1 is 1.05 bits per heavy atom. The molecule has 0 saturated carbocycles. The molecule has 0 aromatic heterocycles. The standard InChI is InChI=1S/C16H17NO4/c1-12-5-3-6-14(11-12)20-9-10-21-16-8-4-7-15(13(16)2)17(18)19/h3-8,11H,9-10H2,1-2H3. The monoisotopic (exact) mass is 287 g/mol. The lowest BCUT2D eigenvalue weighted by atomic mass is 10.2. The number of rotatable bonds is 6. The SMILES string of the molecule is Cc1cccc(OCCOc2cccc([N+](=O)[O-])c2C)c1. The lowest BCUT2D eigenvalue weighted by Gasteiger charge is -2.10. The maximum atomic E-state index is 10.8. The molecule has 0 N–H and O–H groups in total. The van der Waals surface area contributed by atoms with Gasteiger partial charge in [0.1, 0.15) is 24.7 Å². The van der Waals surface area contributed by atoms with Crippen LogP contribution in [-0.4, -0.2) is 18.1 Å². The van der Waals surface area contributed by atoms with Crippen LogP contribution >= 0.6 is 0 Å². The zero-order valence-corrected chi connectivity index (χ0v) is 12.0. The number of ether oxygens (including phenoxy) is 2. The van der Waals surface area contributed by atoms with Gasteiger partial charge in [-0.25, -0.2) is 0 Å². The number of aryl methyl sites for hydroxylation is 1. The van der Waals surface area contributed by atoms with Crippen molar-refractivity contribution in [2.24, 2.45) is 0 Å². The van der Waals surface area contributed by atoms with Crippen molar-refractivity contribution in [3.05, 3.63) is 63.7 Å². The highest BCUT2D eigenvalue weighted by Gasteiger charge is 2.13. The van der Waals surface area contributed by atoms with Gasteiger partial charge in [-0.05, 0) is 37.6 Å². The molecule has 2 aromatic carbocycles. The topological polar surface area (TPSA) is 61.6 Å². The Morgan fingerprint density at radius 2 is 1.76 bits per heavy atom.